The van der Waals surface area contributed by atoms with Gasteiger partial charge in [0.1, 0.15) is 23.9 Å². The quantitative estimate of drug-likeness (QED) is 0.768. The molecule has 1 atom stereocenters. The number of anilines is 2. The summed E-state index contributed by atoms with van der Waals surface area (Å²) in [4.78, 5) is 17.2. The van der Waals surface area contributed by atoms with Crippen molar-refractivity contribution in [3.63, 3.8) is 0 Å². The van der Waals surface area contributed by atoms with E-state index in [1.54, 1.807) is 25.1 Å². The van der Waals surface area contributed by atoms with E-state index in [4.69, 9.17) is 4.74 Å². The monoisotopic (exact) mass is 421 g/mol. The van der Waals surface area contributed by atoms with Gasteiger partial charge < -0.3 is 9.84 Å². The van der Waals surface area contributed by atoms with Crippen LogP contribution in [0, 0.1) is 5.82 Å². The maximum atomic E-state index is 13.2. The second-order valence-corrected chi connectivity index (χ2v) is 9.24. The first-order valence-corrected chi connectivity index (χ1v) is 10.7. The maximum absolute atomic E-state index is 13.2. The number of aromatic nitrogens is 1. The van der Waals surface area contributed by atoms with E-state index in [2.05, 4.69) is 9.71 Å². The predicted molar refractivity (Wildman–Crippen MR) is 104 cm³/mol. The van der Waals surface area contributed by atoms with Crippen molar-refractivity contribution in [1.29, 1.82) is 0 Å². The molecule has 1 fully saturated rings. The largest absolute Gasteiger partial charge is 0.474 e. The molecule has 4 rings (SSSR count). The van der Waals surface area contributed by atoms with Gasteiger partial charge in [-0.25, -0.2) is 17.6 Å². The van der Waals surface area contributed by atoms with Crippen molar-refractivity contribution in [2.45, 2.75) is 37.5 Å². The first-order valence-electron chi connectivity index (χ1n) is 9.19. The van der Waals surface area contributed by atoms with Crippen molar-refractivity contribution in [1.82, 2.24) is 4.98 Å². The molecule has 0 saturated heterocycles. The number of carboxylic acid groups (broad SMARTS) is 1. The highest BCUT2D eigenvalue weighted by atomic mass is 32.2. The van der Waals surface area contributed by atoms with Gasteiger partial charge in [0, 0.05) is 12.0 Å². The number of halogens is 1. The van der Waals surface area contributed by atoms with Crippen molar-refractivity contribution in [2.75, 3.05) is 16.2 Å². The van der Waals surface area contributed by atoms with Crippen LogP contribution in [0.25, 0.3) is 0 Å². The first kappa shape index (κ1) is 19.4. The summed E-state index contributed by atoms with van der Waals surface area (Å²) in [6.07, 6.45) is 0.274. The number of ether oxygens (including phenoxy) is 1. The Balaban J connectivity index is 1.78. The van der Waals surface area contributed by atoms with Gasteiger partial charge in [-0.1, -0.05) is 12.1 Å². The number of nitrogens with one attached hydrogen (secondary N) is 1. The minimum atomic E-state index is -3.59. The van der Waals surface area contributed by atoms with Gasteiger partial charge in [-0.05, 0) is 43.5 Å². The minimum absolute atomic E-state index is 0.0573. The second-order valence-electron chi connectivity index (χ2n) is 7.28. The highest BCUT2D eigenvalue weighted by Crippen LogP contribution is 2.38. The third-order valence-electron chi connectivity index (χ3n) is 4.93. The van der Waals surface area contributed by atoms with Crippen LogP contribution >= 0.6 is 0 Å². The third kappa shape index (κ3) is 3.98. The highest BCUT2D eigenvalue weighted by Gasteiger charge is 2.37. The average molecular weight is 421 g/mol. The molecular weight excluding hydrogens is 401 g/mol. The van der Waals surface area contributed by atoms with E-state index in [1.807, 2.05) is 0 Å². The molecule has 0 spiro atoms. The van der Waals surface area contributed by atoms with E-state index >= 15 is 0 Å². The first-order chi connectivity index (χ1) is 13.7. The Bertz CT molecular complexity index is 1050. The molecule has 154 valence electrons. The molecule has 1 saturated carbocycles. The molecule has 0 bridgehead atoms. The normalized spacial score (nSPS) is 18.7. The summed E-state index contributed by atoms with van der Waals surface area (Å²) < 4.78 is 46.2. The number of nitrogens with zero attached hydrogens (tertiary/aromatic N) is 2. The molecule has 1 amide bonds. The standard InChI is InChI=1S/C19H20FN3O5S/c1-11-10-28-18-16(23(11)19(24)25)9-13(8-12-2-4-14(20)5-3-12)17(21-18)22-29(26,27)15-6-7-15/h2-5,9,11,15H,6-8,10H2,1H3,(H,21,22)(H,24,25). The molecule has 1 unspecified atom stereocenters. The van der Waals surface area contributed by atoms with Gasteiger partial charge in [0.05, 0.1) is 11.3 Å². The Hall–Kier alpha value is -2.88. The molecule has 1 aliphatic carbocycles. The van der Waals surface area contributed by atoms with Gasteiger partial charge in [-0.15, -0.1) is 0 Å². The highest BCUT2D eigenvalue weighted by molar-refractivity contribution is 7.93. The lowest BCUT2D eigenvalue weighted by atomic mass is 10.0. The van der Waals surface area contributed by atoms with Crippen LogP contribution in [0.3, 0.4) is 0 Å². The van der Waals surface area contributed by atoms with Crippen LogP contribution in [0.5, 0.6) is 5.88 Å². The number of carbonyl (C=O) groups is 1. The fourth-order valence-corrected chi connectivity index (χ4v) is 4.62. The summed E-state index contributed by atoms with van der Waals surface area (Å²) in [5, 5.41) is 9.14. The molecule has 1 aromatic heterocycles. The van der Waals surface area contributed by atoms with Gasteiger partial charge in [0.25, 0.3) is 0 Å². The second kappa shape index (κ2) is 7.18. The fourth-order valence-electron chi connectivity index (χ4n) is 3.25. The molecule has 8 nitrogen and oxygen atoms in total. The number of sulfonamides is 1. The smallest absolute Gasteiger partial charge is 0.412 e. The van der Waals surface area contributed by atoms with Crippen LogP contribution in [0.4, 0.5) is 20.7 Å². The van der Waals surface area contributed by atoms with E-state index in [1.165, 1.54) is 12.1 Å². The lowest BCUT2D eigenvalue weighted by molar-refractivity contribution is 0.188. The molecule has 29 heavy (non-hydrogen) atoms. The summed E-state index contributed by atoms with van der Waals surface area (Å²) in [6, 6.07) is 6.94. The van der Waals surface area contributed by atoms with Gasteiger partial charge >= 0.3 is 6.09 Å². The summed E-state index contributed by atoms with van der Waals surface area (Å²) in [5.41, 5.74) is 1.46. The molecular formula is C19H20FN3O5S. The predicted octanol–water partition coefficient (Wildman–Crippen LogP) is 2.98. The number of hydrogen-bond acceptors (Lipinski definition) is 5. The van der Waals surface area contributed by atoms with E-state index in [0.29, 0.717) is 18.4 Å². The lowest BCUT2D eigenvalue weighted by Crippen LogP contribution is -2.44. The van der Waals surface area contributed by atoms with Crippen LogP contribution in [-0.4, -0.2) is 42.5 Å². The Morgan fingerprint density at radius 2 is 2.03 bits per heavy atom. The zero-order valence-corrected chi connectivity index (χ0v) is 16.4. The van der Waals surface area contributed by atoms with E-state index in [0.717, 1.165) is 10.5 Å². The topological polar surface area (TPSA) is 109 Å². The molecule has 1 aliphatic heterocycles. The Kier molecular flexibility index (Phi) is 4.81. The van der Waals surface area contributed by atoms with Crippen LogP contribution in [0.15, 0.2) is 30.3 Å². The Labute approximate surface area is 167 Å². The number of amides is 1. The van der Waals surface area contributed by atoms with Crippen molar-refractivity contribution in [2.24, 2.45) is 0 Å². The lowest BCUT2D eigenvalue weighted by Gasteiger charge is -2.33. The molecule has 10 heteroatoms. The number of rotatable bonds is 5. The number of hydrogen-bond donors (Lipinski definition) is 2. The third-order valence-corrected chi connectivity index (χ3v) is 6.75. The van der Waals surface area contributed by atoms with Gasteiger partial charge in [0.15, 0.2) is 0 Å². The molecule has 2 heterocycles. The van der Waals surface area contributed by atoms with Gasteiger partial charge in [-0.3, -0.25) is 9.62 Å². The van der Waals surface area contributed by atoms with Gasteiger partial charge in [0.2, 0.25) is 15.9 Å². The molecule has 2 aromatic rings. The molecule has 0 radical (unpaired) electrons. The van der Waals surface area contributed by atoms with Gasteiger partial charge in [-0.2, -0.15) is 4.98 Å². The number of fused-ring (bicyclic) bond motifs is 1. The molecule has 2 aliphatic rings. The van der Waals surface area contributed by atoms with Crippen molar-refractivity contribution >= 4 is 27.6 Å². The fraction of sp³-hybridized carbons (Fsp3) is 0.368. The van der Waals surface area contributed by atoms with E-state index in [-0.39, 0.29) is 36.2 Å². The van der Waals surface area contributed by atoms with Crippen LogP contribution < -0.4 is 14.4 Å². The van der Waals surface area contributed by atoms with Crippen LogP contribution in [0.1, 0.15) is 30.9 Å². The SMILES string of the molecule is CC1COc2nc(NS(=O)(=O)C3CC3)c(Cc3ccc(F)cc3)cc2N1C(=O)O. The van der Waals surface area contributed by atoms with E-state index < -0.39 is 27.4 Å². The van der Waals surface area contributed by atoms with Crippen LogP contribution in [0.2, 0.25) is 0 Å². The summed E-state index contributed by atoms with van der Waals surface area (Å²) in [7, 11) is -3.59. The summed E-state index contributed by atoms with van der Waals surface area (Å²) in [5.74, 6) is -0.229. The number of benzene rings is 1. The molecule has 1 aromatic carbocycles. The molecule has 2 N–H and O–H groups in total. The summed E-state index contributed by atoms with van der Waals surface area (Å²) in [6.45, 7) is 1.82. The van der Waals surface area contributed by atoms with E-state index in [9.17, 15) is 22.7 Å². The summed E-state index contributed by atoms with van der Waals surface area (Å²) >= 11 is 0. The Morgan fingerprint density at radius 1 is 1.34 bits per heavy atom. The van der Waals surface area contributed by atoms with Crippen LogP contribution in [-0.2, 0) is 16.4 Å². The zero-order valence-electron chi connectivity index (χ0n) is 15.6. The van der Waals surface area contributed by atoms with Crippen molar-refractivity contribution < 1.29 is 27.4 Å². The van der Waals surface area contributed by atoms with Crippen molar-refractivity contribution in [3.8, 4) is 5.88 Å². The minimum Gasteiger partial charge on any atom is -0.474 e. The zero-order chi connectivity index (χ0) is 20.8. The number of pyridine rings is 1. The van der Waals surface area contributed by atoms with Crippen molar-refractivity contribution in [3.05, 3.63) is 47.3 Å². The maximum Gasteiger partial charge on any atom is 0.412 e. The average Bonchev–Trinajstić information content (AvgIpc) is 3.49. The Morgan fingerprint density at radius 3 is 2.66 bits per heavy atom.